The summed E-state index contributed by atoms with van der Waals surface area (Å²) in [5, 5.41) is 4.81. The molecule has 4 rings (SSSR count). The summed E-state index contributed by atoms with van der Waals surface area (Å²) in [6, 6.07) is 8.60. The molecule has 1 aromatic carbocycles. The van der Waals surface area contributed by atoms with Crippen LogP contribution in [0.2, 0.25) is 0 Å². The van der Waals surface area contributed by atoms with Gasteiger partial charge in [-0.2, -0.15) is 5.06 Å². The van der Waals surface area contributed by atoms with Crippen LogP contribution in [-0.4, -0.2) is 63.6 Å². The Bertz CT molecular complexity index is 832. The van der Waals surface area contributed by atoms with E-state index >= 15 is 0 Å². The lowest BCUT2D eigenvalue weighted by atomic mass is 10.2. The molecule has 9 heteroatoms. The minimum absolute atomic E-state index is 0.238. The van der Waals surface area contributed by atoms with Gasteiger partial charge in [-0.1, -0.05) is 0 Å². The molecular weight excluding hydrogens is 379 g/mol. The molecular formula is C20H25FN4O4. The van der Waals surface area contributed by atoms with Crippen LogP contribution in [0.4, 0.5) is 20.6 Å². The number of nitrogens with zero attached hydrogens (tertiary/aromatic N) is 3. The van der Waals surface area contributed by atoms with Gasteiger partial charge in [0, 0.05) is 26.2 Å². The fourth-order valence-electron chi connectivity index (χ4n) is 3.62. The molecule has 0 unspecified atom stereocenters. The predicted octanol–water partition coefficient (Wildman–Crippen LogP) is 2.22. The van der Waals surface area contributed by atoms with E-state index in [0.29, 0.717) is 57.3 Å². The van der Waals surface area contributed by atoms with Gasteiger partial charge in [-0.15, -0.1) is 0 Å². The van der Waals surface area contributed by atoms with E-state index < -0.39 is 6.09 Å². The summed E-state index contributed by atoms with van der Waals surface area (Å²) >= 11 is 0. The van der Waals surface area contributed by atoms with Crippen LogP contribution >= 0.6 is 0 Å². The smallest absolute Gasteiger partial charge is 0.414 e. The van der Waals surface area contributed by atoms with E-state index in [0.717, 1.165) is 5.76 Å². The molecule has 0 bridgehead atoms. The molecule has 1 amide bonds. The number of anilines is 2. The predicted molar refractivity (Wildman–Crippen MR) is 105 cm³/mol. The number of carbonyl (C=O) groups is 1. The van der Waals surface area contributed by atoms with E-state index in [1.54, 1.807) is 25.4 Å². The fourth-order valence-corrected chi connectivity index (χ4v) is 3.62. The number of nitrogens with one attached hydrogen (secondary N) is 1. The van der Waals surface area contributed by atoms with Crippen molar-refractivity contribution in [3.05, 3.63) is 48.2 Å². The SMILES string of the molecule is CNC[C@H]1CN(c2ccc(N3CCON(Cc4ccco4)CC3)c(F)c2)C(=O)O1. The van der Waals surface area contributed by atoms with Crippen molar-refractivity contribution < 1.29 is 23.2 Å². The lowest BCUT2D eigenvalue weighted by Gasteiger charge is -2.24. The van der Waals surface area contributed by atoms with Gasteiger partial charge in [-0.05, 0) is 37.4 Å². The molecule has 0 radical (unpaired) electrons. The average molecular weight is 404 g/mol. The molecule has 2 aliphatic rings. The molecule has 3 heterocycles. The average Bonchev–Trinajstić information content (AvgIpc) is 3.27. The number of hydrogen-bond donors (Lipinski definition) is 1. The number of halogens is 1. The molecule has 8 nitrogen and oxygen atoms in total. The highest BCUT2D eigenvalue weighted by Crippen LogP contribution is 2.28. The minimum atomic E-state index is -0.450. The second kappa shape index (κ2) is 8.81. The first-order chi connectivity index (χ1) is 14.1. The summed E-state index contributed by atoms with van der Waals surface area (Å²) < 4.78 is 25.5. The Kier molecular flexibility index (Phi) is 5.98. The Morgan fingerprint density at radius 1 is 1.24 bits per heavy atom. The van der Waals surface area contributed by atoms with Crippen molar-refractivity contribution in [1.29, 1.82) is 0 Å². The number of likely N-dealkylation sites (N-methyl/N-ethyl adjacent to an activating group) is 1. The monoisotopic (exact) mass is 404 g/mol. The molecule has 29 heavy (non-hydrogen) atoms. The maximum atomic E-state index is 14.9. The molecule has 2 aromatic rings. The number of hydrogen-bond acceptors (Lipinski definition) is 7. The molecule has 2 saturated heterocycles. The molecule has 1 N–H and O–H groups in total. The van der Waals surface area contributed by atoms with Crippen LogP contribution in [0.1, 0.15) is 5.76 Å². The number of benzene rings is 1. The van der Waals surface area contributed by atoms with Crippen molar-refractivity contribution >= 4 is 17.5 Å². The third-order valence-electron chi connectivity index (χ3n) is 5.06. The van der Waals surface area contributed by atoms with E-state index in [1.807, 2.05) is 22.1 Å². The van der Waals surface area contributed by atoms with Crippen LogP contribution in [0.5, 0.6) is 0 Å². The third kappa shape index (κ3) is 4.52. The second-order valence-electron chi connectivity index (χ2n) is 7.07. The van der Waals surface area contributed by atoms with Crippen LogP contribution in [0.15, 0.2) is 41.0 Å². The zero-order chi connectivity index (χ0) is 20.2. The highest BCUT2D eigenvalue weighted by molar-refractivity contribution is 5.90. The van der Waals surface area contributed by atoms with Crippen molar-refractivity contribution in [2.45, 2.75) is 12.6 Å². The van der Waals surface area contributed by atoms with Crippen LogP contribution in [0, 0.1) is 5.82 Å². The molecule has 2 aliphatic heterocycles. The van der Waals surface area contributed by atoms with Crippen LogP contribution < -0.4 is 15.1 Å². The van der Waals surface area contributed by atoms with Crippen molar-refractivity contribution in [2.75, 3.05) is 56.2 Å². The van der Waals surface area contributed by atoms with Crippen molar-refractivity contribution in [3.8, 4) is 0 Å². The van der Waals surface area contributed by atoms with E-state index in [4.69, 9.17) is 14.0 Å². The van der Waals surface area contributed by atoms with Crippen molar-refractivity contribution in [1.82, 2.24) is 10.4 Å². The number of cyclic esters (lactones) is 1. The Morgan fingerprint density at radius 2 is 2.14 bits per heavy atom. The van der Waals surface area contributed by atoms with E-state index in [1.165, 1.54) is 11.0 Å². The Morgan fingerprint density at radius 3 is 2.90 bits per heavy atom. The Labute approximate surface area is 168 Å². The molecule has 2 fully saturated rings. The Hall–Kier alpha value is -2.62. The highest BCUT2D eigenvalue weighted by atomic mass is 19.1. The standard InChI is InChI=1S/C20H25FN4O4/c1-22-12-17-14-25(20(26)29-17)15-4-5-19(18(21)11-15)23-6-7-24(28-10-8-23)13-16-3-2-9-27-16/h2-5,9,11,17,22H,6-8,10,12-14H2,1H3/t17-/m0/s1. The fraction of sp³-hybridized carbons (Fsp3) is 0.450. The normalized spacial score (nSPS) is 20.8. The lowest BCUT2D eigenvalue weighted by Crippen LogP contribution is -2.31. The van der Waals surface area contributed by atoms with Crippen LogP contribution in [-0.2, 0) is 16.1 Å². The topological polar surface area (TPSA) is 70.4 Å². The Balaban J connectivity index is 1.41. The second-order valence-corrected chi connectivity index (χ2v) is 7.07. The zero-order valence-electron chi connectivity index (χ0n) is 16.3. The number of hydroxylamine groups is 2. The summed E-state index contributed by atoms with van der Waals surface area (Å²) in [4.78, 5) is 21.3. The minimum Gasteiger partial charge on any atom is -0.468 e. The zero-order valence-corrected chi connectivity index (χ0v) is 16.3. The summed E-state index contributed by atoms with van der Waals surface area (Å²) in [6.45, 7) is 3.77. The van der Waals surface area contributed by atoms with Gasteiger partial charge in [0.05, 0.1) is 37.3 Å². The molecule has 0 aliphatic carbocycles. The number of carbonyl (C=O) groups excluding carboxylic acids is 1. The van der Waals surface area contributed by atoms with Crippen LogP contribution in [0.3, 0.4) is 0 Å². The molecule has 0 saturated carbocycles. The van der Waals surface area contributed by atoms with Crippen LogP contribution in [0.25, 0.3) is 0 Å². The van der Waals surface area contributed by atoms with E-state index in [9.17, 15) is 9.18 Å². The third-order valence-corrected chi connectivity index (χ3v) is 5.06. The van der Waals surface area contributed by atoms with Gasteiger partial charge >= 0.3 is 6.09 Å². The van der Waals surface area contributed by atoms with Gasteiger partial charge in [-0.25, -0.2) is 9.18 Å². The van der Waals surface area contributed by atoms with Crippen molar-refractivity contribution in [2.24, 2.45) is 0 Å². The number of rotatable bonds is 6. The van der Waals surface area contributed by atoms with E-state index in [-0.39, 0.29) is 11.9 Å². The van der Waals surface area contributed by atoms with Gasteiger partial charge in [0.15, 0.2) is 0 Å². The largest absolute Gasteiger partial charge is 0.468 e. The molecule has 0 spiro atoms. The van der Waals surface area contributed by atoms with Gasteiger partial charge < -0.3 is 19.4 Å². The molecule has 156 valence electrons. The summed E-state index contributed by atoms with van der Waals surface area (Å²) in [6.07, 6.45) is 0.945. The van der Waals surface area contributed by atoms with E-state index in [2.05, 4.69) is 5.32 Å². The van der Waals surface area contributed by atoms with Gasteiger partial charge in [0.25, 0.3) is 0 Å². The molecule has 1 atom stereocenters. The number of furan rings is 1. The summed E-state index contributed by atoms with van der Waals surface area (Å²) in [5.41, 5.74) is 0.997. The number of ether oxygens (including phenoxy) is 1. The maximum absolute atomic E-state index is 14.9. The number of amides is 1. The van der Waals surface area contributed by atoms with Crippen molar-refractivity contribution in [3.63, 3.8) is 0 Å². The van der Waals surface area contributed by atoms with Gasteiger partial charge in [0.2, 0.25) is 0 Å². The molecule has 1 aromatic heterocycles. The summed E-state index contributed by atoms with van der Waals surface area (Å²) in [5.74, 6) is 0.454. The maximum Gasteiger partial charge on any atom is 0.414 e. The quantitative estimate of drug-likeness (QED) is 0.792. The first-order valence-electron chi connectivity index (χ1n) is 9.71. The lowest BCUT2D eigenvalue weighted by molar-refractivity contribution is -0.157. The van der Waals surface area contributed by atoms with Gasteiger partial charge in [-0.3, -0.25) is 9.74 Å². The highest BCUT2D eigenvalue weighted by Gasteiger charge is 2.32. The van der Waals surface area contributed by atoms with Gasteiger partial charge in [0.1, 0.15) is 17.7 Å². The first-order valence-corrected chi connectivity index (χ1v) is 9.71. The first kappa shape index (κ1) is 19.7. The summed E-state index contributed by atoms with van der Waals surface area (Å²) in [7, 11) is 1.80.